The van der Waals surface area contributed by atoms with Crippen molar-refractivity contribution in [3.63, 3.8) is 0 Å². The second kappa shape index (κ2) is 6.55. The number of rotatable bonds is 5. The third-order valence-electron chi connectivity index (χ3n) is 3.83. The molecular formula is C15H21ClO2. The summed E-state index contributed by atoms with van der Waals surface area (Å²) in [5, 5.41) is 20.7. The van der Waals surface area contributed by atoms with Gasteiger partial charge in [-0.1, -0.05) is 49.4 Å². The molecule has 0 amide bonds. The van der Waals surface area contributed by atoms with Gasteiger partial charge < -0.3 is 10.2 Å². The maximum Gasteiger partial charge on any atom is 0.0839 e. The molecule has 1 aliphatic carbocycles. The van der Waals surface area contributed by atoms with Crippen LogP contribution in [0.15, 0.2) is 24.3 Å². The van der Waals surface area contributed by atoms with Gasteiger partial charge in [0.1, 0.15) is 0 Å². The number of hydrogen-bond acceptors (Lipinski definition) is 2. The van der Waals surface area contributed by atoms with E-state index < -0.39 is 12.2 Å². The monoisotopic (exact) mass is 268 g/mol. The van der Waals surface area contributed by atoms with Gasteiger partial charge in [-0.3, -0.25) is 0 Å². The van der Waals surface area contributed by atoms with E-state index >= 15 is 0 Å². The van der Waals surface area contributed by atoms with Crippen LogP contribution in [0.3, 0.4) is 0 Å². The SMILES string of the molecule is OC(Cc1cccc(Cl)c1)C(O)CC1CCCC1. The second-order valence-corrected chi connectivity index (χ2v) is 5.79. The van der Waals surface area contributed by atoms with Gasteiger partial charge in [0, 0.05) is 11.4 Å². The Morgan fingerprint density at radius 3 is 2.56 bits per heavy atom. The number of benzene rings is 1. The molecule has 0 bridgehead atoms. The van der Waals surface area contributed by atoms with Crippen LogP contribution in [0.25, 0.3) is 0 Å². The quantitative estimate of drug-likeness (QED) is 0.861. The molecule has 2 rings (SSSR count). The van der Waals surface area contributed by atoms with Crippen LogP contribution in [0.1, 0.15) is 37.7 Å². The van der Waals surface area contributed by atoms with Gasteiger partial charge in [0.25, 0.3) is 0 Å². The van der Waals surface area contributed by atoms with Gasteiger partial charge in [-0.15, -0.1) is 0 Å². The lowest BCUT2D eigenvalue weighted by Gasteiger charge is -2.21. The normalized spacial score (nSPS) is 19.9. The van der Waals surface area contributed by atoms with Crippen LogP contribution < -0.4 is 0 Å². The molecule has 1 aromatic carbocycles. The third kappa shape index (κ3) is 3.98. The number of hydrogen-bond donors (Lipinski definition) is 2. The summed E-state index contributed by atoms with van der Waals surface area (Å²) in [6.07, 6.45) is 4.80. The molecule has 2 nitrogen and oxygen atoms in total. The Morgan fingerprint density at radius 1 is 1.17 bits per heavy atom. The summed E-state index contributed by atoms with van der Waals surface area (Å²) in [4.78, 5) is 0. The Balaban J connectivity index is 1.84. The van der Waals surface area contributed by atoms with E-state index in [0.29, 0.717) is 17.4 Å². The van der Waals surface area contributed by atoms with Crippen LogP contribution in [-0.4, -0.2) is 22.4 Å². The second-order valence-electron chi connectivity index (χ2n) is 5.35. The maximum absolute atomic E-state index is 10.0. The van der Waals surface area contributed by atoms with Crippen LogP contribution in [-0.2, 0) is 6.42 Å². The fourth-order valence-corrected chi connectivity index (χ4v) is 3.00. The topological polar surface area (TPSA) is 40.5 Å². The first-order chi connectivity index (χ1) is 8.65. The molecule has 2 unspecified atom stereocenters. The van der Waals surface area contributed by atoms with E-state index in [1.807, 2.05) is 24.3 Å². The Kier molecular flexibility index (Phi) is 5.04. The van der Waals surface area contributed by atoms with E-state index in [2.05, 4.69) is 0 Å². The van der Waals surface area contributed by atoms with Gasteiger partial charge in [-0.25, -0.2) is 0 Å². The molecule has 2 atom stereocenters. The summed E-state index contributed by atoms with van der Waals surface area (Å²) in [7, 11) is 0. The Labute approximate surface area is 114 Å². The summed E-state index contributed by atoms with van der Waals surface area (Å²) < 4.78 is 0. The molecule has 0 aliphatic heterocycles. The third-order valence-corrected chi connectivity index (χ3v) is 4.06. The van der Waals surface area contributed by atoms with E-state index in [-0.39, 0.29) is 0 Å². The van der Waals surface area contributed by atoms with Gasteiger partial charge in [-0.2, -0.15) is 0 Å². The molecule has 0 radical (unpaired) electrons. The van der Waals surface area contributed by atoms with Crippen molar-refractivity contribution in [3.8, 4) is 0 Å². The van der Waals surface area contributed by atoms with Crippen molar-refractivity contribution in [1.29, 1.82) is 0 Å². The van der Waals surface area contributed by atoms with Gasteiger partial charge in [0.05, 0.1) is 12.2 Å². The first-order valence-corrected chi connectivity index (χ1v) is 7.13. The van der Waals surface area contributed by atoms with Crippen LogP contribution >= 0.6 is 11.6 Å². The van der Waals surface area contributed by atoms with Crippen molar-refractivity contribution in [3.05, 3.63) is 34.9 Å². The van der Waals surface area contributed by atoms with Crippen molar-refractivity contribution in [2.45, 2.75) is 50.7 Å². The van der Waals surface area contributed by atoms with Crippen LogP contribution in [0.5, 0.6) is 0 Å². The molecule has 1 fully saturated rings. The fraction of sp³-hybridized carbons (Fsp3) is 0.600. The highest BCUT2D eigenvalue weighted by Gasteiger charge is 2.23. The maximum atomic E-state index is 10.0. The standard InChI is InChI=1S/C15H21ClO2/c16-13-7-3-6-12(8-13)10-15(18)14(17)9-11-4-1-2-5-11/h3,6-8,11,14-15,17-18H,1-2,4-5,9-10H2. The van der Waals surface area contributed by atoms with E-state index in [0.717, 1.165) is 12.0 Å². The molecule has 1 saturated carbocycles. The summed E-state index contributed by atoms with van der Waals surface area (Å²) in [6, 6.07) is 7.45. The highest BCUT2D eigenvalue weighted by atomic mass is 35.5. The Hall–Kier alpha value is -0.570. The number of aliphatic hydroxyl groups excluding tert-OH is 2. The van der Waals surface area contributed by atoms with Crippen molar-refractivity contribution in [2.24, 2.45) is 5.92 Å². The minimum Gasteiger partial charge on any atom is -0.390 e. The zero-order valence-electron chi connectivity index (χ0n) is 10.6. The van der Waals surface area contributed by atoms with Gasteiger partial charge in [0.2, 0.25) is 0 Å². The predicted molar refractivity (Wildman–Crippen MR) is 73.7 cm³/mol. The number of halogens is 1. The smallest absolute Gasteiger partial charge is 0.0839 e. The molecule has 2 N–H and O–H groups in total. The molecule has 0 saturated heterocycles. The highest BCUT2D eigenvalue weighted by molar-refractivity contribution is 6.30. The minimum absolute atomic E-state index is 0.467. The summed E-state index contributed by atoms with van der Waals surface area (Å²) in [5.74, 6) is 0.592. The molecule has 1 aromatic rings. The van der Waals surface area contributed by atoms with E-state index in [4.69, 9.17) is 11.6 Å². The van der Waals surface area contributed by atoms with Crippen LogP contribution in [0, 0.1) is 5.92 Å². The molecule has 1 aliphatic rings. The zero-order chi connectivity index (χ0) is 13.0. The lowest BCUT2D eigenvalue weighted by Crippen LogP contribution is -2.29. The van der Waals surface area contributed by atoms with Crippen LogP contribution in [0.4, 0.5) is 0 Å². The summed E-state index contributed by atoms with van der Waals surface area (Å²) in [6.45, 7) is 0. The molecular weight excluding hydrogens is 248 g/mol. The zero-order valence-corrected chi connectivity index (χ0v) is 11.3. The molecule has 0 aromatic heterocycles. The van der Waals surface area contributed by atoms with Gasteiger partial charge in [-0.05, 0) is 30.0 Å². The Morgan fingerprint density at radius 2 is 1.89 bits per heavy atom. The van der Waals surface area contributed by atoms with Crippen molar-refractivity contribution in [1.82, 2.24) is 0 Å². The van der Waals surface area contributed by atoms with E-state index in [1.165, 1.54) is 25.7 Å². The Bertz CT molecular complexity index is 375. The first kappa shape index (κ1) is 13.9. The predicted octanol–water partition coefficient (Wildman–Crippen LogP) is 3.18. The van der Waals surface area contributed by atoms with Gasteiger partial charge >= 0.3 is 0 Å². The average Bonchev–Trinajstić information content (AvgIpc) is 2.81. The minimum atomic E-state index is -0.691. The lowest BCUT2D eigenvalue weighted by molar-refractivity contribution is 0.00596. The summed E-state index contributed by atoms with van der Waals surface area (Å²) in [5.41, 5.74) is 0.973. The first-order valence-electron chi connectivity index (χ1n) is 6.75. The lowest BCUT2D eigenvalue weighted by atomic mass is 9.94. The molecule has 0 spiro atoms. The van der Waals surface area contributed by atoms with E-state index in [1.54, 1.807) is 0 Å². The average molecular weight is 269 g/mol. The molecule has 18 heavy (non-hydrogen) atoms. The van der Waals surface area contributed by atoms with Crippen molar-refractivity contribution in [2.75, 3.05) is 0 Å². The van der Waals surface area contributed by atoms with Crippen molar-refractivity contribution >= 4 is 11.6 Å². The van der Waals surface area contributed by atoms with Crippen LogP contribution in [0.2, 0.25) is 5.02 Å². The summed E-state index contributed by atoms with van der Waals surface area (Å²) >= 11 is 5.90. The van der Waals surface area contributed by atoms with Gasteiger partial charge in [0.15, 0.2) is 0 Å². The largest absolute Gasteiger partial charge is 0.390 e. The van der Waals surface area contributed by atoms with E-state index in [9.17, 15) is 10.2 Å². The number of aliphatic hydroxyl groups is 2. The molecule has 100 valence electrons. The fourth-order valence-electron chi connectivity index (χ4n) is 2.79. The molecule has 3 heteroatoms. The van der Waals surface area contributed by atoms with Crippen molar-refractivity contribution < 1.29 is 10.2 Å². The highest BCUT2D eigenvalue weighted by Crippen LogP contribution is 2.29. The molecule has 0 heterocycles.